The molecule has 0 radical (unpaired) electrons. The predicted octanol–water partition coefficient (Wildman–Crippen LogP) is 7.21. The molecule has 236 valence electrons. The Labute approximate surface area is 273 Å². The molecule has 1 fully saturated rings. The van der Waals surface area contributed by atoms with Crippen LogP contribution in [0.15, 0.2) is 95.0 Å². The van der Waals surface area contributed by atoms with Gasteiger partial charge in [-0.05, 0) is 101 Å². The second-order valence-electron chi connectivity index (χ2n) is 9.97. The molecule has 9 nitrogen and oxygen atoms in total. The molecule has 0 aliphatic carbocycles. The molecule has 1 saturated heterocycles. The van der Waals surface area contributed by atoms with Gasteiger partial charge in [-0.15, -0.1) is 0 Å². The summed E-state index contributed by atoms with van der Waals surface area (Å²) in [5, 5.41) is 2.16. The number of barbiturate groups is 1. The normalized spacial score (nSPS) is 13.9. The van der Waals surface area contributed by atoms with E-state index in [1.165, 1.54) is 18.2 Å². The number of carbonyl (C=O) groups is 3. The summed E-state index contributed by atoms with van der Waals surface area (Å²) < 4.78 is 37.8. The molecule has 0 saturated carbocycles. The van der Waals surface area contributed by atoms with Gasteiger partial charge in [0.1, 0.15) is 24.6 Å². The first-order valence-corrected chi connectivity index (χ1v) is 15.2. The third-order valence-corrected chi connectivity index (χ3v) is 7.35. The van der Waals surface area contributed by atoms with Crippen LogP contribution in [-0.2, 0) is 22.8 Å². The van der Waals surface area contributed by atoms with Gasteiger partial charge in [-0.25, -0.2) is 14.1 Å². The summed E-state index contributed by atoms with van der Waals surface area (Å²) in [4.78, 5) is 39.2. The van der Waals surface area contributed by atoms with Crippen molar-refractivity contribution in [2.75, 3.05) is 18.1 Å². The summed E-state index contributed by atoms with van der Waals surface area (Å²) in [6.45, 7) is 5.06. The van der Waals surface area contributed by atoms with E-state index < -0.39 is 23.7 Å². The number of benzene rings is 4. The van der Waals surface area contributed by atoms with Gasteiger partial charge in [0.05, 0.1) is 23.4 Å². The van der Waals surface area contributed by atoms with Gasteiger partial charge in [0.15, 0.2) is 23.0 Å². The number of hydrogen-bond donors (Lipinski definition) is 1. The van der Waals surface area contributed by atoms with E-state index in [2.05, 4.69) is 21.2 Å². The molecule has 1 aliphatic rings. The number of rotatable bonds is 12. The number of halogens is 2. The number of nitrogens with zero attached hydrogens (tertiary/aromatic N) is 1. The van der Waals surface area contributed by atoms with E-state index in [1.807, 2.05) is 62.4 Å². The molecule has 5 rings (SSSR count). The highest BCUT2D eigenvalue weighted by Gasteiger charge is 2.37. The predicted molar refractivity (Wildman–Crippen MR) is 173 cm³/mol. The molecule has 0 aromatic heterocycles. The highest BCUT2D eigenvalue weighted by Crippen LogP contribution is 2.39. The fourth-order valence-electron chi connectivity index (χ4n) is 4.64. The van der Waals surface area contributed by atoms with Crippen LogP contribution in [0.4, 0.5) is 14.9 Å². The van der Waals surface area contributed by atoms with Gasteiger partial charge in [0, 0.05) is 0 Å². The molecule has 1 heterocycles. The first-order valence-electron chi connectivity index (χ1n) is 14.5. The van der Waals surface area contributed by atoms with E-state index in [9.17, 15) is 18.8 Å². The summed E-state index contributed by atoms with van der Waals surface area (Å²) in [6, 6.07) is 22.6. The lowest BCUT2D eigenvalue weighted by molar-refractivity contribution is -0.122. The van der Waals surface area contributed by atoms with Crippen molar-refractivity contribution in [3.05, 3.63) is 117 Å². The van der Waals surface area contributed by atoms with Crippen LogP contribution in [0.3, 0.4) is 0 Å². The van der Waals surface area contributed by atoms with Crippen LogP contribution < -0.4 is 29.2 Å². The lowest BCUT2D eigenvalue weighted by Crippen LogP contribution is -2.54. The van der Waals surface area contributed by atoms with Crippen molar-refractivity contribution >= 4 is 45.5 Å². The Kier molecular flexibility index (Phi) is 10.3. The van der Waals surface area contributed by atoms with Gasteiger partial charge in [-0.1, -0.05) is 36.4 Å². The molecule has 4 amide bonds. The second-order valence-corrected chi connectivity index (χ2v) is 10.8. The topological polar surface area (TPSA) is 103 Å². The molecule has 0 bridgehead atoms. The van der Waals surface area contributed by atoms with Crippen LogP contribution in [0.5, 0.6) is 23.0 Å². The van der Waals surface area contributed by atoms with E-state index in [1.54, 1.807) is 12.1 Å². The fraction of sp³-hybridized carbons (Fsp3) is 0.171. The highest BCUT2D eigenvalue weighted by molar-refractivity contribution is 9.10. The largest absolute Gasteiger partial charge is 0.490 e. The zero-order valence-electron chi connectivity index (χ0n) is 25.0. The van der Waals surface area contributed by atoms with Crippen molar-refractivity contribution < 1.29 is 37.7 Å². The molecule has 11 heteroatoms. The number of hydrogen-bond acceptors (Lipinski definition) is 7. The van der Waals surface area contributed by atoms with Gasteiger partial charge in [0.25, 0.3) is 11.8 Å². The van der Waals surface area contributed by atoms with E-state index in [-0.39, 0.29) is 17.9 Å². The number of ether oxygens (including phenoxy) is 4. The van der Waals surface area contributed by atoms with Crippen molar-refractivity contribution in [3.63, 3.8) is 0 Å². The Morgan fingerprint density at radius 1 is 0.761 bits per heavy atom. The molecular formula is C35H30BrFN2O7. The van der Waals surface area contributed by atoms with Crippen molar-refractivity contribution in [3.8, 4) is 23.0 Å². The fourth-order valence-corrected chi connectivity index (χ4v) is 5.22. The second kappa shape index (κ2) is 14.7. The molecule has 46 heavy (non-hydrogen) atoms. The Morgan fingerprint density at radius 3 is 2.17 bits per heavy atom. The van der Waals surface area contributed by atoms with Gasteiger partial charge in [-0.2, -0.15) is 0 Å². The SMILES string of the molecule is CCOc1cc(COc2c(Br)cc(/C=C3\C(=O)NC(=O)N(c4ccc(F)cc4)C3=O)cc2OCC)ccc1OCc1ccccc1. The third-order valence-electron chi connectivity index (χ3n) is 6.76. The summed E-state index contributed by atoms with van der Waals surface area (Å²) in [7, 11) is 0. The lowest BCUT2D eigenvalue weighted by atomic mass is 10.1. The van der Waals surface area contributed by atoms with E-state index in [0.717, 1.165) is 28.2 Å². The van der Waals surface area contributed by atoms with Crippen LogP contribution in [0, 0.1) is 5.82 Å². The van der Waals surface area contributed by atoms with Crippen LogP contribution in [0.1, 0.15) is 30.5 Å². The number of carbonyl (C=O) groups excluding carboxylic acids is 3. The average molecular weight is 690 g/mol. The Bertz CT molecular complexity index is 1780. The van der Waals surface area contributed by atoms with Crippen LogP contribution in [0.25, 0.3) is 6.08 Å². The number of amides is 4. The molecule has 4 aromatic rings. The third kappa shape index (κ3) is 7.55. The van der Waals surface area contributed by atoms with Crippen molar-refractivity contribution in [2.45, 2.75) is 27.1 Å². The number of urea groups is 1. The molecule has 0 atom stereocenters. The van der Waals surface area contributed by atoms with E-state index >= 15 is 0 Å². The maximum Gasteiger partial charge on any atom is 0.335 e. The Balaban J connectivity index is 1.36. The molecule has 0 spiro atoms. The Morgan fingerprint density at radius 2 is 1.46 bits per heavy atom. The van der Waals surface area contributed by atoms with Crippen molar-refractivity contribution in [1.29, 1.82) is 0 Å². The molecular weight excluding hydrogens is 659 g/mol. The van der Waals surface area contributed by atoms with Crippen molar-refractivity contribution in [1.82, 2.24) is 5.32 Å². The van der Waals surface area contributed by atoms with Crippen molar-refractivity contribution in [2.24, 2.45) is 0 Å². The average Bonchev–Trinajstić information content (AvgIpc) is 3.04. The quantitative estimate of drug-likeness (QED) is 0.124. The van der Waals surface area contributed by atoms with Gasteiger partial charge in [-0.3, -0.25) is 14.9 Å². The number of imide groups is 2. The minimum atomic E-state index is -0.929. The summed E-state index contributed by atoms with van der Waals surface area (Å²) in [5.41, 5.74) is 2.13. The smallest absolute Gasteiger partial charge is 0.335 e. The molecule has 0 unspecified atom stereocenters. The zero-order valence-corrected chi connectivity index (χ0v) is 26.6. The number of nitrogens with one attached hydrogen (secondary N) is 1. The molecule has 1 N–H and O–H groups in total. The van der Waals surface area contributed by atoms with Gasteiger partial charge >= 0.3 is 6.03 Å². The summed E-state index contributed by atoms with van der Waals surface area (Å²) in [5.74, 6) is -0.255. The molecule has 1 aliphatic heterocycles. The monoisotopic (exact) mass is 688 g/mol. The minimum Gasteiger partial charge on any atom is -0.490 e. The van der Waals surface area contributed by atoms with Gasteiger partial charge in [0.2, 0.25) is 0 Å². The maximum atomic E-state index is 13.4. The standard InChI is InChI=1S/C35H30BrFN2O7/c1-3-43-30-18-23(10-15-29(30)45-20-22-8-6-5-7-9-22)21-46-32-28(36)17-24(19-31(32)44-4-2)16-27-33(40)38-35(42)39(34(27)41)26-13-11-25(37)12-14-26/h5-19H,3-4,20-21H2,1-2H3,(H,38,40,42)/b27-16+. The number of anilines is 1. The lowest BCUT2D eigenvalue weighted by Gasteiger charge is -2.26. The van der Waals surface area contributed by atoms with E-state index in [0.29, 0.717) is 52.9 Å². The van der Waals surface area contributed by atoms with E-state index in [4.69, 9.17) is 18.9 Å². The first-order chi connectivity index (χ1) is 22.3. The molecule has 4 aromatic carbocycles. The Hall–Kier alpha value is -5.16. The maximum absolute atomic E-state index is 13.4. The summed E-state index contributed by atoms with van der Waals surface area (Å²) in [6.07, 6.45) is 1.35. The zero-order chi connectivity index (χ0) is 32.6. The van der Waals surface area contributed by atoms with Crippen LogP contribution in [-0.4, -0.2) is 31.1 Å². The van der Waals surface area contributed by atoms with Crippen LogP contribution in [0.2, 0.25) is 0 Å². The van der Waals surface area contributed by atoms with Gasteiger partial charge < -0.3 is 18.9 Å². The minimum absolute atomic E-state index is 0.116. The van der Waals surface area contributed by atoms with Crippen LogP contribution >= 0.6 is 15.9 Å². The first kappa shape index (κ1) is 32.2. The summed E-state index contributed by atoms with van der Waals surface area (Å²) >= 11 is 3.53. The highest BCUT2D eigenvalue weighted by atomic mass is 79.9.